The molecule has 3 aliphatic rings. The summed E-state index contributed by atoms with van der Waals surface area (Å²) in [6.07, 6.45) is 3.73. The predicted octanol–water partition coefficient (Wildman–Crippen LogP) is 2.90. The molecule has 0 radical (unpaired) electrons. The third-order valence-corrected chi connectivity index (χ3v) is 7.06. The number of ether oxygens (including phenoxy) is 1. The van der Waals surface area contributed by atoms with Crippen molar-refractivity contribution in [3.63, 3.8) is 0 Å². The largest absolute Gasteiger partial charge is 0.388 e. The summed E-state index contributed by atoms with van der Waals surface area (Å²) in [6, 6.07) is 8.11. The number of nitrogens with zero attached hydrogens (tertiary/aromatic N) is 4. The van der Waals surface area contributed by atoms with Gasteiger partial charge in [-0.05, 0) is 59.7 Å². The Bertz CT molecular complexity index is 938. The SMILES string of the molecule is O=C1N(c2ccc(N3CCOCC3)cc2)c2nc(CO)nc(I)c2C12CCCC2. The van der Waals surface area contributed by atoms with Crippen molar-refractivity contribution in [2.24, 2.45) is 0 Å². The van der Waals surface area contributed by atoms with E-state index in [4.69, 9.17) is 4.74 Å². The summed E-state index contributed by atoms with van der Waals surface area (Å²) in [6.45, 7) is 2.98. The van der Waals surface area contributed by atoms with Crippen LogP contribution in [0, 0.1) is 3.70 Å². The van der Waals surface area contributed by atoms with Crippen LogP contribution < -0.4 is 9.80 Å². The Kier molecular flexibility index (Phi) is 4.95. The van der Waals surface area contributed by atoms with Crippen LogP contribution >= 0.6 is 22.6 Å². The molecule has 29 heavy (non-hydrogen) atoms. The van der Waals surface area contributed by atoms with Gasteiger partial charge in [-0.1, -0.05) is 12.8 Å². The molecule has 1 aliphatic carbocycles. The number of hydrogen-bond donors (Lipinski definition) is 1. The molecule has 0 unspecified atom stereocenters. The minimum atomic E-state index is -0.525. The molecule has 2 aliphatic heterocycles. The van der Waals surface area contributed by atoms with E-state index in [1.54, 1.807) is 4.90 Å². The van der Waals surface area contributed by atoms with Gasteiger partial charge in [0.1, 0.15) is 16.1 Å². The van der Waals surface area contributed by atoms with Crippen molar-refractivity contribution in [3.8, 4) is 0 Å². The van der Waals surface area contributed by atoms with E-state index in [1.165, 1.54) is 0 Å². The van der Waals surface area contributed by atoms with Crippen LogP contribution in [-0.2, 0) is 21.6 Å². The number of rotatable bonds is 3. The number of anilines is 3. The van der Waals surface area contributed by atoms with Gasteiger partial charge in [0.2, 0.25) is 5.91 Å². The first kappa shape index (κ1) is 19.2. The number of halogens is 1. The highest BCUT2D eigenvalue weighted by atomic mass is 127. The minimum absolute atomic E-state index is 0.0893. The van der Waals surface area contributed by atoms with E-state index >= 15 is 0 Å². The molecule has 8 heteroatoms. The monoisotopic (exact) mass is 506 g/mol. The smallest absolute Gasteiger partial charge is 0.243 e. The average molecular weight is 506 g/mol. The van der Waals surface area contributed by atoms with E-state index in [-0.39, 0.29) is 12.5 Å². The Morgan fingerprint density at radius 2 is 1.72 bits per heavy atom. The predicted molar refractivity (Wildman–Crippen MR) is 117 cm³/mol. The molecule has 7 nitrogen and oxygen atoms in total. The van der Waals surface area contributed by atoms with Crippen molar-refractivity contribution in [1.29, 1.82) is 0 Å². The lowest BCUT2D eigenvalue weighted by atomic mass is 9.81. The van der Waals surface area contributed by atoms with Crippen molar-refractivity contribution in [2.45, 2.75) is 37.7 Å². The Morgan fingerprint density at radius 1 is 1.07 bits per heavy atom. The van der Waals surface area contributed by atoms with Crippen LogP contribution in [0.5, 0.6) is 0 Å². The second kappa shape index (κ2) is 7.48. The molecular formula is C21H23IN4O3. The molecule has 1 aromatic carbocycles. The first-order valence-corrected chi connectivity index (χ1v) is 11.2. The fraction of sp³-hybridized carbons (Fsp3) is 0.476. The number of fused-ring (bicyclic) bond motifs is 2. The summed E-state index contributed by atoms with van der Waals surface area (Å²) in [5, 5.41) is 9.61. The lowest BCUT2D eigenvalue weighted by Gasteiger charge is -2.29. The summed E-state index contributed by atoms with van der Waals surface area (Å²) in [5.74, 6) is 1.08. The maximum absolute atomic E-state index is 13.7. The van der Waals surface area contributed by atoms with E-state index < -0.39 is 5.41 Å². The van der Waals surface area contributed by atoms with Crippen LogP contribution in [0.15, 0.2) is 24.3 Å². The molecule has 0 bridgehead atoms. The number of hydrogen-bond acceptors (Lipinski definition) is 6. The number of carbonyl (C=O) groups excluding carboxylic acids is 1. The van der Waals surface area contributed by atoms with Crippen molar-refractivity contribution >= 4 is 45.7 Å². The highest BCUT2D eigenvalue weighted by molar-refractivity contribution is 14.1. The summed E-state index contributed by atoms with van der Waals surface area (Å²) in [5.41, 5.74) is 2.36. The summed E-state index contributed by atoms with van der Waals surface area (Å²) >= 11 is 2.19. The van der Waals surface area contributed by atoms with E-state index in [9.17, 15) is 9.90 Å². The van der Waals surface area contributed by atoms with Gasteiger partial charge in [-0.25, -0.2) is 9.97 Å². The van der Waals surface area contributed by atoms with Crippen molar-refractivity contribution in [1.82, 2.24) is 9.97 Å². The quantitative estimate of drug-likeness (QED) is 0.510. The molecule has 2 aromatic rings. The molecule has 1 spiro atoms. The number of benzene rings is 1. The maximum Gasteiger partial charge on any atom is 0.243 e. The highest BCUT2D eigenvalue weighted by Crippen LogP contribution is 2.53. The zero-order valence-corrected chi connectivity index (χ0v) is 18.3. The number of aliphatic hydroxyl groups is 1. The molecule has 5 rings (SSSR count). The fourth-order valence-electron chi connectivity index (χ4n) is 4.84. The Morgan fingerprint density at radius 3 is 2.38 bits per heavy atom. The van der Waals surface area contributed by atoms with Crippen molar-refractivity contribution in [2.75, 3.05) is 36.1 Å². The number of amides is 1. The zero-order chi connectivity index (χ0) is 20.0. The lowest BCUT2D eigenvalue weighted by molar-refractivity contribution is -0.122. The van der Waals surface area contributed by atoms with E-state index in [0.717, 1.165) is 72.6 Å². The lowest BCUT2D eigenvalue weighted by Crippen LogP contribution is -2.37. The standard InChI is InChI=1S/C21H23IN4O3/c22-18-17-19(24-16(13-27)23-18)26(20(28)21(17)7-1-2-8-21)15-5-3-14(4-6-15)25-9-11-29-12-10-25/h3-6,27H,1-2,7-13H2. The van der Waals surface area contributed by atoms with Gasteiger partial charge >= 0.3 is 0 Å². The summed E-state index contributed by atoms with van der Waals surface area (Å²) < 4.78 is 6.21. The molecule has 2 fully saturated rings. The molecule has 0 atom stereocenters. The number of aromatic nitrogens is 2. The third kappa shape index (κ3) is 3.03. The van der Waals surface area contributed by atoms with E-state index in [0.29, 0.717) is 11.6 Å². The molecule has 1 amide bonds. The Hall–Kier alpha value is -1.78. The van der Waals surface area contributed by atoms with Gasteiger partial charge in [-0.15, -0.1) is 0 Å². The van der Waals surface area contributed by atoms with Crippen molar-refractivity contribution in [3.05, 3.63) is 39.4 Å². The first-order chi connectivity index (χ1) is 14.1. The second-order valence-corrected chi connectivity index (χ2v) is 8.85. The van der Waals surface area contributed by atoms with Gasteiger partial charge < -0.3 is 14.7 Å². The van der Waals surface area contributed by atoms with Crippen molar-refractivity contribution < 1.29 is 14.6 Å². The van der Waals surface area contributed by atoms with Crippen LogP contribution in [0.4, 0.5) is 17.2 Å². The number of carbonyl (C=O) groups is 1. The van der Waals surface area contributed by atoms with Crippen LogP contribution in [0.3, 0.4) is 0 Å². The molecular weight excluding hydrogens is 483 g/mol. The first-order valence-electron chi connectivity index (χ1n) is 10.1. The Balaban J connectivity index is 1.57. The maximum atomic E-state index is 13.7. The van der Waals surface area contributed by atoms with Gasteiger partial charge in [0, 0.05) is 24.3 Å². The second-order valence-electron chi connectivity index (χ2n) is 7.83. The van der Waals surface area contributed by atoms with Crippen LogP contribution in [-0.4, -0.2) is 47.3 Å². The Labute approximate surface area is 183 Å². The normalized spacial score (nSPS) is 20.6. The molecule has 1 saturated heterocycles. The van der Waals surface area contributed by atoms with Crippen LogP contribution in [0.1, 0.15) is 37.1 Å². The molecule has 1 aromatic heterocycles. The van der Waals surface area contributed by atoms with Crippen LogP contribution in [0.2, 0.25) is 0 Å². The third-order valence-electron chi connectivity index (χ3n) is 6.28. The summed E-state index contributed by atoms with van der Waals surface area (Å²) in [7, 11) is 0. The van der Waals surface area contributed by atoms with Gasteiger partial charge in [0.15, 0.2) is 5.82 Å². The minimum Gasteiger partial charge on any atom is -0.388 e. The average Bonchev–Trinajstić information content (AvgIpc) is 3.33. The fourth-order valence-corrected chi connectivity index (χ4v) is 5.88. The highest BCUT2D eigenvalue weighted by Gasteiger charge is 2.55. The number of morpholine rings is 1. The van der Waals surface area contributed by atoms with Gasteiger partial charge in [0.25, 0.3) is 0 Å². The molecule has 1 saturated carbocycles. The van der Waals surface area contributed by atoms with Gasteiger partial charge in [-0.2, -0.15) is 0 Å². The summed E-state index contributed by atoms with van der Waals surface area (Å²) in [4.78, 5) is 26.8. The van der Waals surface area contributed by atoms with E-state index in [2.05, 4.69) is 49.6 Å². The topological polar surface area (TPSA) is 78.8 Å². The number of aliphatic hydroxyl groups excluding tert-OH is 1. The zero-order valence-electron chi connectivity index (χ0n) is 16.1. The van der Waals surface area contributed by atoms with Crippen LogP contribution in [0.25, 0.3) is 0 Å². The molecule has 152 valence electrons. The molecule has 1 N–H and O–H groups in total. The van der Waals surface area contributed by atoms with Gasteiger partial charge in [-0.3, -0.25) is 9.69 Å². The van der Waals surface area contributed by atoms with E-state index in [1.807, 2.05) is 12.1 Å². The van der Waals surface area contributed by atoms with Gasteiger partial charge in [0.05, 0.1) is 24.3 Å². The molecule has 3 heterocycles.